The summed E-state index contributed by atoms with van der Waals surface area (Å²) in [6.07, 6.45) is 1.82. The van der Waals surface area contributed by atoms with Gasteiger partial charge in [-0.3, -0.25) is 4.90 Å². The molecule has 1 fully saturated rings. The smallest absolute Gasteiger partial charge is 0.122 e. The van der Waals surface area contributed by atoms with Crippen molar-refractivity contribution in [2.75, 3.05) is 13.1 Å². The number of thioether (sulfide) groups is 1. The lowest BCUT2D eigenvalue weighted by molar-refractivity contribution is 0.259. The lowest BCUT2D eigenvalue weighted by Gasteiger charge is -2.34. The second kappa shape index (κ2) is 6.54. The van der Waals surface area contributed by atoms with Gasteiger partial charge in [-0.2, -0.15) is 11.8 Å². The van der Waals surface area contributed by atoms with Crippen molar-refractivity contribution in [1.29, 1.82) is 0 Å². The van der Waals surface area contributed by atoms with Gasteiger partial charge in [0, 0.05) is 41.2 Å². The number of hydrogen-bond acceptors (Lipinski definition) is 4. The summed E-state index contributed by atoms with van der Waals surface area (Å²) in [7, 11) is 0. The Balaban J connectivity index is 1.94. The minimum Gasteiger partial charge on any atom is -0.468 e. The number of nitrogens with zero attached hydrogens (tertiary/aromatic N) is 1. The first-order chi connectivity index (χ1) is 9.33. The average Bonchev–Trinajstić information content (AvgIpc) is 2.71. The second-order valence-electron chi connectivity index (χ2n) is 6.92. The summed E-state index contributed by atoms with van der Waals surface area (Å²) in [5.41, 5.74) is 1.45. The van der Waals surface area contributed by atoms with Gasteiger partial charge in [-0.15, -0.1) is 0 Å². The van der Waals surface area contributed by atoms with Crippen molar-refractivity contribution in [2.24, 2.45) is 0 Å². The fraction of sp³-hybridized carbons (Fsp3) is 0.750. The molecule has 0 spiro atoms. The van der Waals surface area contributed by atoms with Gasteiger partial charge < -0.3 is 9.73 Å². The Bertz CT molecular complexity index is 414. The highest BCUT2D eigenvalue weighted by atomic mass is 32.2. The molecule has 2 atom stereocenters. The van der Waals surface area contributed by atoms with Gasteiger partial charge in [0.2, 0.25) is 0 Å². The summed E-state index contributed by atoms with van der Waals surface area (Å²) in [5.74, 6) is 1.08. The normalized spacial score (nSPS) is 25.1. The molecular weight excluding hydrogens is 268 g/mol. The molecule has 2 heterocycles. The van der Waals surface area contributed by atoms with Gasteiger partial charge in [0.25, 0.3) is 0 Å². The molecule has 2 rings (SSSR count). The molecule has 0 aromatic carbocycles. The molecule has 20 heavy (non-hydrogen) atoms. The van der Waals surface area contributed by atoms with Crippen molar-refractivity contribution in [3.63, 3.8) is 0 Å². The Morgan fingerprint density at radius 1 is 1.30 bits per heavy atom. The number of nitrogens with one attached hydrogen (secondary N) is 1. The Morgan fingerprint density at radius 3 is 2.55 bits per heavy atom. The van der Waals surface area contributed by atoms with E-state index in [-0.39, 0.29) is 5.54 Å². The zero-order chi connectivity index (χ0) is 14.8. The number of hydrogen-bond donors (Lipinski definition) is 1. The number of rotatable bonds is 4. The lowest BCUT2D eigenvalue weighted by atomic mass is 10.1. The third kappa shape index (κ3) is 4.83. The first-order valence-electron chi connectivity index (χ1n) is 7.51. The molecule has 4 heteroatoms. The van der Waals surface area contributed by atoms with Crippen LogP contribution >= 0.6 is 11.8 Å². The van der Waals surface area contributed by atoms with Gasteiger partial charge in [0.05, 0.1) is 12.8 Å². The summed E-state index contributed by atoms with van der Waals surface area (Å²) in [4.78, 5) is 2.55. The monoisotopic (exact) mass is 296 g/mol. The standard InChI is InChI=1S/C16H28N2OS/c1-12-9-18(10-13(2)20-12)11-14-6-7-19-15(14)8-17-16(3,4)5/h6-7,12-13,17H,8-11H2,1-5H3. The first-order valence-corrected chi connectivity index (χ1v) is 8.46. The first kappa shape index (κ1) is 15.9. The minimum atomic E-state index is 0.120. The third-order valence-corrected chi connectivity index (χ3v) is 4.73. The summed E-state index contributed by atoms with van der Waals surface area (Å²) in [5, 5.41) is 4.95. The van der Waals surface area contributed by atoms with Gasteiger partial charge in [0.15, 0.2) is 0 Å². The van der Waals surface area contributed by atoms with Crippen LogP contribution < -0.4 is 5.32 Å². The molecular formula is C16H28N2OS. The highest BCUT2D eigenvalue weighted by molar-refractivity contribution is 8.00. The van der Waals surface area contributed by atoms with Crippen molar-refractivity contribution in [3.05, 3.63) is 23.7 Å². The molecule has 0 radical (unpaired) electrons. The van der Waals surface area contributed by atoms with E-state index in [1.165, 1.54) is 18.7 Å². The van der Waals surface area contributed by atoms with Crippen molar-refractivity contribution >= 4 is 11.8 Å². The van der Waals surface area contributed by atoms with E-state index in [2.05, 4.69) is 62.7 Å². The van der Waals surface area contributed by atoms with E-state index < -0.39 is 0 Å². The van der Waals surface area contributed by atoms with E-state index in [0.29, 0.717) is 0 Å². The molecule has 1 N–H and O–H groups in total. The molecule has 0 bridgehead atoms. The average molecular weight is 296 g/mol. The number of furan rings is 1. The Hall–Kier alpha value is -0.450. The summed E-state index contributed by atoms with van der Waals surface area (Å²) in [6.45, 7) is 15.4. The van der Waals surface area contributed by atoms with Crippen molar-refractivity contribution in [1.82, 2.24) is 10.2 Å². The molecule has 1 aromatic rings. The van der Waals surface area contributed by atoms with Crippen molar-refractivity contribution < 1.29 is 4.42 Å². The predicted molar refractivity (Wildman–Crippen MR) is 87.1 cm³/mol. The van der Waals surface area contributed by atoms with E-state index in [1.54, 1.807) is 0 Å². The van der Waals surface area contributed by atoms with Crippen LogP contribution in [0.4, 0.5) is 0 Å². The Kier molecular flexibility index (Phi) is 5.21. The van der Waals surface area contributed by atoms with Crippen molar-refractivity contribution in [3.8, 4) is 0 Å². The lowest BCUT2D eigenvalue weighted by Crippen LogP contribution is -2.40. The fourth-order valence-electron chi connectivity index (χ4n) is 2.66. The SMILES string of the molecule is CC1CN(Cc2ccoc2CNC(C)(C)C)CC(C)S1. The summed E-state index contributed by atoms with van der Waals surface area (Å²) < 4.78 is 5.66. The topological polar surface area (TPSA) is 28.4 Å². The van der Waals surface area contributed by atoms with Crippen LogP contribution in [0.25, 0.3) is 0 Å². The Morgan fingerprint density at radius 2 is 1.95 bits per heavy atom. The summed E-state index contributed by atoms with van der Waals surface area (Å²) in [6, 6.07) is 2.12. The highest BCUT2D eigenvalue weighted by Gasteiger charge is 2.23. The third-order valence-electron chi connectivity index (χ3n) is 3.51. The summed E-state index contributed by atoms with van der Waals surface area (Å²) >= 11 is 2.10. The van der Waals surface area contributed by atoms with Crippen molar-refractivity contribution in [2.45, 2.75) is 63.7 Å². The van der Waals surface area contributed by atoms with Gasteiger partial charge in [-0.05, 0) is 26.8 Å². The van der Waals surface area contributed by atoms with E-state index in [0.717, 1.165) is 29.3 Å². The van der Waals surface area contributed by atoms with Crippen LogP contribution in [0.5, 0.6) is 0 Å². The van der Waals surface area contributed by atoms with Crippen LogP contribution in [-0.4, -0.2) is 34.0 Å². The molecule has 114 valence electrons. The van der Waals surface area contributed by atoms with Gasteiger partial charge in [-0.25, -0.2) is 0 Å². The van der Waals surface area contributed by atoms with Crippen LogP contribution in [0, 0.1) is 0 Å². The predicted octanol–water partition coefficient (Wildman–Crippen LogP) is 3.49. The molecule has 2 unspecified atom stereocenters. The van der Waals surface area contributed by atoms with Crippen LogP contribution in [0.1, 0.15) is 45.9 Å². The second-order valence-corrected chi connectivity index (χ2v) is 8.81. The van der Waals surface area contributed by atoms with Crippen LogP contribution in [0.2, 0.25) is 0 Å². The molecule has 1 saturated heterocycles. The van der Waals surface area contributed by atoms with Crippen LogP contribution in [0.3, 0.4) is 0 Å². The van der Waals surface area contributed by atoms with Gasteiger partial charge in [0.1, 0.15) is 5.76 Å². The molecule has 1 aliphatic rings. The fourth-order valence-corrected chi connectivity index (χ4v) is 4.05. The minimum absolute atomic E-state index is 0.120. The molecule has 3 nitrogen and oxygen atoms in total. The molecule has 1 aromatic heterocycles. The molecule has 0 aliphatic carbocycles. The zero-order valence-electron chi connectivity index (χ0n) is 13.4. The largest absolute Gasteiger partial charge is 0.468 e. The van der Waals surface area contributed by atoms with Gasteiger partial charge in [-0.1, -0.05) is 13.8 Å². The maximum Gasteiger partial charge on any atom is 0.122 e. The highest BCUT2D eigenvalue weighted by Crippen LogP contribution is 2.26. The Labute approximate surface area is 127 Å². The van der Waals surface area contributed by atoms with Gasteiger partial charge >= 0.3 is 0 Å². The van der Waals surface area contributed by atoms with Crippen LogP contribution in [0.15, 0.2) is 16.7 Å². The molecule has 0 amide bonds. The van der Waals surface area contributed by atoms with E-state index >= 15 is 0 Å². The van der Waals surface area contributed by atoms with E-state index in [9.17, 15) is 0 Å². The maximum absolute atomic E-state index is 5.66. The molecule has 0 saturated carbocycles. The van der Waals surface area contributed by atoms with E-state index in [4.69, 9.17) is 4.42 Å². The molecule has 1 aliphatic heterocycles. The van der Waals surface area contributed by atoms with Crippen LogP contribution in [-0.2, 0) is 13.1 Å². The van der Waals surface area contributed by atoms with E-state index in [1.807, 2.05) is 6.26 Å². The maximum atomic E-state index is 5.66. The zero-order valence-corrected chi connectivity index (χ0v) is 14.2. The quantitative estimate of drug-likeness (QED) is 0.920.